The van der Waals surface area contributed by atoms with E-state index in [2.05, 4.69) is 4.98 Å². The van der Waals surface area contributed by atoms with Crippen LogP contribution in [-0.4, -0.2) is 23.2 Å². The van der Waals surface area contributed by atoms with Gasteiger partial charge in [0.25, 0.3) is 0 Å². The van der Waals surface area contributed by atoms with E-state index in [9.17, 15) is 4.79 Å². The quantitative estimate of drug-likeness (QED) is 0.795. The standard InChI is InChI=1S/C16H13NO4/c1-20-14(10-5-3-2-4-6-10)15-17-12-8-7-11(16(18)19)9-13(12)21-15/h2-9,14H,1H3,(H,18,19). The fraction of sp³-hybridized carbons (Fsp3) is 0.125. The van der Waals surface area contributed by atoms with Gasteiger partial charge >= 0.3 is 5.97 Å². The van der Waals surface area contributed by atoms with E-state index >= 15 is 0 Å². The van der Waals surface area contributed by atoms with Gasteiger partial charge in [0.05, 0.1) is 5.56 Å². The molecule has 1 atom stereocenters. The highest BCUT2D eigenvalue weighted by Crippen LogP contribution is 2.28. The summed E-state index contributed by atoms with van der Waals surface area (Å²) in [4.78, 5) is 15.4. The molecule has 1 unspecified atom stereocenters. The number of carboxylic acids is 1. The lowest BCUT2D eigenvalue weighted by Gasteiger charge is -2.11. The second-order valence-electron chi connectivity index (χ2n) is 4.57. The van der Waals surface area contributed by atoms with Gasteiger partial charge in [-0.1, -0.05) is 30.3 Å². The summed E-state index contributed by atoms with van der Waals surface area (Å²) < 4.78 is 11.1. The molecule has 0 fully saturated rings. The lowest BCUT2D eigenvalue weighted by Crippen LogP contribution is -2.03. The van der Waals surface area contributed by atoms with Gasteiger partial charge in [-0.2, -0.15) is 0 Å². The highest BCUT2D eigenvalue weighted by molar-refractivity contribution is 5.91. The summed E-state index contributed by atoms with van der Waals surface area (Å²) in [5, 5.41) is 9.00. The van der Waals surface area contributed by atoms with Crippen molar-refractivity contribution in [3.05, 3.63) is 65.5 Å². The number of aromatic carboxylic acids is 1. The van der Waals surface area contributed by atoms with Gasteiger partial charge in [-0.05, 0) is 23.8 Å². The fourth-order valence-corrected chi connectivity index (χ4v) is 2.19. The molecule has 0 saturated heterocycles. The van der Waals surface area contributed by atoms with Crippen LogP contribution in [0.3, 0.4) is 0 Å². The van der Waals surface area contributed by atoms with Crippen molar-refractivity contribution in [2.75, 3.05) is 7.11 Å². The third kappa shape index (κ3) is 2.51. The minimum atomic E-state index is -0.999. The van der Waals surface area contributed by atoms with E-state index in [1.165, 1.54) is 12.1 Å². The summed E-state index contributed by atoms with van der Waals surface area (Å²) in [6.45, 7) is 0. The molecule has 0 amide bonds. The van der Waals surface area contributed by atoms with Crippen LogP contribution in [0.25, 0.3) is 11.1 Å². The lowest BCUT2D eigenvalue weighted by molar-refractivity contribution is 0.0697. The predicted octanol–water partition coefficient (Wildman–Crippen LogP) is 3.26. The van der Waals surface area contributed by atoms with Crippen molar-refractivity contribution < 1.29 is 19.1 Å². The number of benzene rings is 2. The molecular weight excluding hydrogens is 270 g/mol. The summed E-state index contributed by atoms with van der Waals surface area (Å²) in [6.07, 6.45) is -0.424. The molecule has 0 bridgehead atoms. The minimum absolute atomic E-state index is 0.166. The molecule has 0 saturated carbocycles. The first-order valence-corrected chi connectivity index (χ1v) is 6.40. The molecule has 0 aliphatic rings. The van der Waals surface area contributed by atoms with Crippen molar-refractivity contribution in [3.8, 4) is 0 Å². The van der Waals surface area contributed by atoms with Gasteiger partial charge in [0.1, 0.15) is 5.52 Å². The summed E-state index contributed by atoms with van der Waals surface area (Å²) in [7, 11) is 1.58. The average Bonchev–Trinajstić information content (AvgIpc) is 2.91. The Kier molecular flexibility index (Phi) is 3.41. The molecule has 1 aromatic heterocycles. The van der Waals surface area contributed by atoms with Crippen LogP contribution in [0.5, 0.6) is 0 Å². The first-order valence-electron chi connectivity index (χ1n) is 6.40. The Morgan fingerprint density at radius 1 is 1.24 bits per heavy atom. The van der Waals surface area contributed by atoms with Crippen molar-refractivity contribution in [2.24, 2.45) is 0 Å². The summed E-state index contributed by atoms with van der Waals surface area (Å²) >= 11 is 0. The lowest BCUT2D eigenvalue weighted by atomic mass is 10.1. The van der Waals surface area contributed by atoms with E-state index in [-0.39, 0.29) is 5.56 Å². The van der Waals surface area contributed by atoms with Crippen LogP contribution < -0.4 is 0 Å². The Labute approximate surface area is 120 Å². The topological polar surface area (TPSA) is 72.6 Å². The molecule has 2 aromatic carbocycles. The SMILES string of the molecule is COC(c1ccccc1)c1nc2ccc(C(=O)O)cc2o1. The number of aromatic nitrogens is 1. The summed E-state index contributed by atoms with van der Waals surface area (Å²) in [5.41, 5.74) is 2.12. The van der Waals surface area contributed by atoms with Gasteiger partial charge in [-0.25, -0.2) is 9.78 Å². The number of nitrogens with zero attached hydrogens (tertiary/aromatic N) is 1. The maximum Gasteiger partial charge on any atom is 0.335 e. The third-order valence-corrected chi connectivity index (χ3v) is 3.21. The minimum Gasteiger partial charge on any atom is -0.478 e. The number of rotatable bonds is 4. The van der Waals surface area contributed by atoms with Gasteiger partial charge in [-0.3, -0.25) is 0 Å². The van der Waals surface area contributed by atoms with Crippen molar-refractivity contribution >= 4 is 17.1 Å². The maximum atomic E-state index is 11.0. The van der Waals surface area contributed by atoms with Crippen LogP contribution in [0.4, 0.5) is 0 Å². The Balaban J connectivity index is 2.05. The molecular formula is C16H13NO4. The second kappa shape index (κ2) is 5.38. The number of methoxy groups -OCH3 is 1. The molecule has 0 spiro atoms. The van der Waals surface area contributed by atoms with E-state index in [1.807, 2.05) is 30.3 Å². The Bertz CT molecular complexity index is 779. The number of carbonyl (C=O) groups is 1. The molecule has 3 aromatic rings. The smallest absolute Gasteiger partial charge is 0.335 e. The number of hydrogen-bond donors (Lipinski definition) is 1. The van der Waals surface area contributed by atoms with E-state index in [4.69, 9.17) is 14.3 Å². The van der Waals surface area contributed by atoms with Crippen molar-refractivity contribution in [1.29, 1.82) is 0 Å². The Morgan fingerprint density at radius 2 is 2.00 bits per heavy atom. The fourth-order valence-electron chi connectivity index (χ4n) is 2.19. The number of fused-ring (bicyclic) bond motifs is 1. The zero-order valence-corrected chi connectivity index (χ0v) is 11.3. The number of ether oxygens (including phenoxy) is 1. The molecule has 0 radical (unpaired) electrons. The largest absolute Gasteiger partial charge is 0.478 e. The summed E-state index contributed by atoms with van der Waals surface area (Å²) in [5.74, 6) is -0.595. The zero-order valence-electron chi connectivity index (χ0n) is 11.3. The molecule has 1 N–H and O–H groups in total. The number of hydrogen-bond acceptors (Lipinski definition) is 4. The second-order valence-corrected chi connectivity index (χ2v) is 4.57. The van der Waals surface area contributed by atoms with Crippen LogP contribution in [0, 0.1) is 0 Å². The highest BCUT2D eigenvalue weighted by atomic mass is 16.5. The monoisotopic (exact) mass is 283 g/mol. The number of oxazole rings is 1. The maximum absolute atomic E-state index is 11.0. The van der Waals surface area contributed by atoms with Crippen LogP contribution >= 0.6 is 0 Å². The van der Waals surface area contributed by atoms with Gasteiger partial charge < -0.3 is 14.3 Å². The molecule has 5 heteroatoms. The first kappa shape index (κ1) is 13.3. The normalized spacial score (nSPS) is 12.4. The predicted molar refractivity (Wildman–Crippen MR) is 76.3 cm³/mol. The van der Waals surface area contributed by atoms with Crippen LogP contribution in [0.1, 0.15) is 27.9 Å². The van der Waals surface area contributed by atoms with Gasteiger partial charge in [0.15, 0.2) is 11.7 Å². The molecule has 1 heterocycles. The van der Waals surface area contributed by atoms with E-state index in [0.29, 0.717) is 17.0 Å². The van der Waals surface area contributed by atoms with E-state index < -0.39 is 12.1 Å². The first-order chi connectivity index (χ1) is 10.2. The van der Waals surface area contributed by atoms with Gasteiger partial charge in [0, 0.05) is 7.11 Å². The Morgan fingerprint density at radius 3 is 2.67 bits per heavy atom. The molecule has 106 valence electrons. The Hall–Kier alpha value is -2.66. The van der Waals surface area contributed by atoms with E-state index in [0.717, 1.165) is 5.56 Å². The molecule has 21 heavy (non-hydrogen) atoms. The van der Waals surface area contributed by atoms with Crippen LogP contribution in [0.15, 0.2) is 52.9 Å². The van der Waals surface area contributed by atoms with Crippen LogP contribution in [-0.2, 0) is 4.74 Å². The molecule has 3 rings (SSSR count). The zero-order chi connectivity index (χ0) is 14.8. The van der Waals surface area contributed by atoms with Crippen molar-refractivity contribution in [2.45, 2.75) is 6.10 Å². The number of carboxylic acid groups (broad SMARTS) is 1. The summed E-state index contributed by atoms with van der Waals surface area (Å²) in [6, 6.07) is 14.2. The van der Waals surface area contributed by atoms with E-state index in [1.54, 1.807) is 13.2 Å². The van der Waals surface area contributed by atoms with Gasteiger partial charge in [0.2, 0.25) is 5.89 Å². The molecule has 0 aliphatic heterocycles. The van der Waals surface area contributed by atoms with Crippen LogP contribution in [0.2, 0.25) is 0 Å². The average molecular weight is 283 g/mol. The molecule has 0 aliphatic carbocycles. The van der Waals surface area contributed by atoms with Crippen molar-refractivity contribution in [3.63, 3.8) is 0 Å². The highest BCUT2D eigenvalue weighted by Gasteiger charge is 2.20. The molecule has 5 nitrogen and oxygen atoms in total. The third-order valence-electron chi connectivity index (χ3n) is 3.21. The van der Waals surface area contributed by atoms with Gasteiger partial charge in [-0.15, -0.1) is 0 Å². The van der Waals surface area contributed by atoms with Crippen molar-refractivity contribution in [1.82, 2.24) is 4.98 Å².